The molecule has 0 unspecified atom stereocenters. The molecule has 6 heteroatoms. The number of halogens is 2. The first-order valence-corrected chi connectivity index (χ1v) is 8.47. The number of hydrogen-bond donors (Lipinski definition) is 2. The summed E-state index contributed by atoms with van der Waals surface area (Å²) in [7, 11) is 0. The summed E-state index contributed by atoms with van der Waals surface area (Å²) in [5.41, 5.74) is 6.45. The van der Waals surface area contributed by atoms with Gasteiger partial charge in [0.2, 0.25) is 0 Å². The molecular weight excluding hydrogens is 331 g/mol. The number of nitrogen functional groups attached to an aromatic ring is 1. The molecule has 0 aromatic heterocycles. The van der Waals surface area contributed by atoms with Crippen molar-refractivity contribution in [1.82, 2.24) is 0 Å². The van der Waals surface area contributed by atoms with E-state index in [2.05, 4.69) is 0 Å². The lowest BCUT2D eigenvalue weighted by atomic mass is 10.2. The van der Waals surface area contributed by atoms with Gasteiger partial charge in [-0.1, -0.05) is 41.0 Å². The molecule has 0 spiro atoms. The molecule has 0 saturated carbocycles. The van der Waals surface area contributed by atoms with Crippen LogP contribution in [-0.4, -0.2) is 12.1 Å². The molecular formula is C14H12Cl2N2S2. The molecule has 2 aromatic rings. The summed E-state index contributed by atoms with van der Waals surface area (Å²) in [6.07, 6.45) is 1.96. The van der Waals surface area contributed by atoms with Crippen molar-refractivity contribution in [3.8, 4) is 0 Å². The summed E-state index contributed by atoms with van der Waals surface area (Å²) in [5.74, 6) is 0.0515. The molecule has 0 amide bonds. The van der Waals surface area contributed by atoms with Gasteiger partial charge in [0.05, 0.1) is 5.02 Å². The van der Waals surface area contributed by atoms with E-state index in [0.717, 1.165) is 20.2 Å². The first-order chi connectivity index (χ1) is 9.52. The molecule has 2 rings (SSSR count). The Morgan fingerprint density at radius 2 is 1.80 bits per heavy atom. The third-order valence-corrected chi connectivity index (χ3v) is 5.16. The molecule has 2 nitrogen and oxygen atoms in total. The van der Waals surface area contributed by atoms with Crippen molar-refractivity contribution < 1.29 is 0 Å². The number of rotatable bonds is 4. The van der Waals surface area contributed by atoms with Gasteiger partial charge in [0.25, 0.3) is 0 Å². The van der Waals surface area contributed by atoms with Gasteiger partial charge in [0, 0.05) is 25.3 Å². The lowest BCUT2D eigenvalue weighted by Gasteiger charge is -2.12. The molecule has 0 aliphatic rings. The van der Waals surface area contributed by atoms with Crippen LogP contribution in [0.15, 0.2) is 51.1 Å². The van der Waals surface area contributed by atoms with Crippen molar-refractivity contribution in [1.29, 1.82) is 5.41 Å². The monoisotopic (exact) mass is 342 g/mol. The van der Waals surface area contributed by atoms with E-state index in [1.54, 1.807) is 23.9 Å². The Hall–Kier alpha value is -0.810. The quantitative estimate of drug-likeness (QED) is 0.458. The van der Waals surface area contributed by atoms with Gasteiger partial charge in [-0.3, -0.25) is 5.41 Å². The van der Waals surface area contributed by atoms with Gasteiger partial charge in [-0.05, 0) is 36.6 Å². The van der Waals surface area contributed by atoms with Crippen LogP contribution in [0.2, 0.25) is 10.0 Å². The van der Waals surface area contributed by atoms with Crippen molar-refractivity contribution in [2.24, 2.45) is 5.73 Å². The highest BCUT2D eigenvalue weighted by atomic mass is 35.5. The van der Waals surface area contributed by atoms with Crippen molar-refractivity contribution in [3.63, 3.8) is 0 Å². The number of amidine groups is 1. The van der Waals surface area contributed by atoms with E-state index in [1.807, 2.05) is 30.5 Å². The fourth-order valence-electron chi connectivity index (χ4n) is 1.71. The van der Waals surface area contributed by atoms with Gasteiger partial charge < -0.3 is 5.73 Å². The largest absolute Gasteiger partial charge is 0.384 e. The van der Waals surface area contributed by atoms with E-state index in [1.165, 1.54) is 11.8 Å². The number of hydrogen-bond acceptors (Lipinski definition) is 3. The number of benzene rings is 2. The molecule has 0 aliphatic carbocycles. The highest BCUT2D eigenvalue weighted by molar-refractivity contribution is 8.00. The molecule has 0 radical (unpaired) electrons. The highest BCUT2D eigenvalue weighted by Crippen LogP contribution is 2.38. The average molecular weight is 343 g/mol. The topological polar surface area (TPSA) is 49.9 Å². The molecule has 0 saturated heterocycles. The van der Waals surface area contributed by atoms with Crippen LogP contribution in [0.4, 0.5) is 0 Å². The van der Waals surface area contributed by atoms with Gasteiger partial charge in [-0.2, -0.15) is 0 Å². The molecule has 20 heavy (non-hydrogen) atoms. The Morgan fingerprint density at radius 1 is 1.10 bits per heavy atom. The van der Waals surface area contributed by atoms with E-state index in [0.29, 0.717) is 10.0 Å². The van der Waals surface area contributed by atoms with E-state index in [-0.39, 0.29) is 5.84 Å². The van der Waals surface area contributed by atoms with E-state index >= 15 is 0 Å². The minimum atomic E-state index is 0.0515. The lowest BCUT2D eigenvalue weighted by molar-refractivity contribution is 1.25. The summed E-state index contributed by atoms with van der Waals surface area (Å²) in [4.78, 5) is 2.72. The molecule has 0 heterocycles. The molecule has 0 aliphatic heterocycles. The first-order valence-electron chi connectivity index (χ1n) is 5.67. The maximum Gasteiger partial charge on any atom is 0.125 e. The average Bonchev–Trinajstić information content (AvgIpc) is 2.42. The number of thioether (sulfide) groups is 1. The third-order valence-electron chi connectivity index (χ3n) is 2.59. The molecule has 104 valence electrons. The number of nitrogens with two attached hydrogens (primary N) is 1. The Morgan fingerprint density at radius 3 is 2.45 bits per heavy atom. The summed E-state index contributed by atoms with van der Waals surface area (Å²) in [6, 6.07) is 11.1. The van der Waals surface area contributed by atoms with Gasteiger partial charge in [-0.25, -0.2) is 0 Å². The fraction of sp³-hybridized carbons (Fsp3) is 0.0714. The predicted octanol–water partition coefficient (Wildman–Crippen LogP) is 5.15. The first kappa shape index (κ1) is 15.6. The smallest absolute Gasteiger partial charge is 0.125 e. The second-order valence-corrected chi connectivity index (χ2v) is 6.70. The zero-order valence-corrected chi connectivity index (χ0v) is 13.8. The Kier molecular flexibility index (Phi) is 5.27. The lowest BCUT2D eigenvalue weighted by Crippen LogP contribution is -2.13. The van der Waals surface area contributed by atoms with Crippen LogP contribution in [-0.2, 0) is 0 Å². The Labute approximate surface area is 136 Å². The summed E-state index contributed by atoms with van der Waals surface area (Å²) in [6.45, 7) is 0. The number of nitrogens with one attached hydrogen (secondary N) is 1. The van der Waals surface area contributed by atoms with Crippen molar-refractivity contribution >= 4 is 52.6 Å². The zero-order chi connectivity index (χ0) is 14.7. The zero-order valence-electron chi connectivity index (χ0n) is 10.6. The van der Waals surface area contributed by atoms with Crippen molar-refractivity contribution in [2.75, 3.05) is 6.26 Å². The molecule has 0 atom stereocenters. The standard InChI is InChI=1S/C14H12Cl2N2S2/c1-19-10-3-2-4-11(13(10)14(17)18)20-12-7-8(15)5-6-9(12)16/h2-7H,1H3,(H3,17,18). The Bertz CT molecular complexity index is 660. The molecule has 2 aromatic carbocycles. The highest BCUT2D eigenvalue weighted by Gasteiger charge is 2.13. The van der Waals surface area contributed by atoms with Crippen molar-refractivity contribution in [2.45, 2.75) is 14.7 Å². The maximum absolute atomic E-state index is 7.77. The minimum Gasteiger partial charge on any atom is -0.384 e. The third kappa shape index (κ3) is 3.44. The van der Waals surface area contributed by atoms with Crippen LogP contribution in [0.5, 0.6) is 0 Å². The fourth-order valence-corrected chi connectivity index (χ4v) is 3.94. The van der Waals surface area contributed by atoms with Crippen LogP contribution in [0.25, 0.3) is 0 Å². The van der Waals surface area contributed by atoms with Gasteiger partial charge in [0.15, 0.2) is 0 Å². The second kappa shape index (κ2) is 6.76. The summed E-state index contributed by atoms with van der Waals surface area (Å²) in [5, 5.41) is 9.03. The normalized spacial score (nSPS) is 10.6. The molecule has 0 fully saturated rings. The van der Waals surface area contributed by atoms with Crippen LogP contribution >= 0.6 is 46.7 Å². The van der Waals surface area contributed by atoms with Gasteiger partial charge >= 0.3 is 0 Å². The van der Waals surface area contributed by atoms with E-state index in [9.17, 15) is 0 Å². The minimum absolute atomic E-state index is 0.0515. The van der Waals surface area contributed by atoms with Crippen LogP contribution in [0.3, 0.4) is 0 Å². The van der Waals surface area contributed by atoms with Crippen LogP contribution < -0.4 is 5.73 Å². The maximum atomic E-state index is 7.77. The molecule has 0 bridgehead atoms. The van der Waals surface area contributed by atoms with Crippen LogP contribution in [0, 0.1) is 5.41 Å². The SMILES string of the molecule is CSc1cccc(Sc2cc(Cl)ccc2Cl)c1C(=N)N. The van der Waals surface area contributed by atoms with Gasteiger partial charge in [0.1, 0.15) is 5.84 Å². The molecule has 3 N–H and O–H groups in total. The Balaban J connectivity index is 2.48. The van der Waals surface area contributed by atoms with Gasteiger partial charge in [-0.15, -0.1) is 11.8 Å². The summed E-state index contributed by atoms with van der Waals surface area (Å²) < 4.78 is 0. The van der Waals surface area contributed by atoms with E-state index < -0.39 is 0 Å². The summed E-state index contributed by atoms with van der Waals surface area (Å²) >= 11 is 15.2. The second-order valence-electron chi connectivity index (χ2n) is 3.92. The van der Waals surface area contributed by atoms with E-state index in [4.69, 9.17) is 34.3 Å². The van der Waals surface area contributed by atoms with Crippen molar-refractivity contribution in [3.05, 3.63) is 52.0 Å². The van der Waals surface area contributed by atoms with Crippen LogP contribution in [0.1, 0.15) is 5.56 Å². The predicted molar refractivity (Wildman–Crippen MR) is 89.8 cm³/mol.